The van der Waals surface area contributed by atoms with E-state index in [1.54, 1.807) is 24.5 Å². The van der Waals surface area contributed by atoms with Crippen molar-refractivity contribution in [1.29, 1.82) is 0 Å². The van der Waals surface area contributed by atoms with Gasteiger partial charge in [0.1, 0.15) is 5.82 Å². The van der Waals surface area contributed by atoms with Crippen LogP contribution in [0.1, 0.15) is 22.8 Å². The summed E-state index contributed by atoms with van der Waals surface area (Å²) >= 11 is 0. The molecule has 0 N–H and O–H groups in total. The maximum absolute atomic E-state index is 13.7. The predicted octanol–water partition coefficient (Wildman–Crippen LogP) is 3.06. The Kier molecular flexibility index (Phi) is 3.90. The molecule has 0 atom stereocenters. The lowest BCUT2D eigenvalue weighted by atomic mass is 10.1. The van der Waals surface area contributed by atoms with Gasteiger partial charge in [-0.05, 0) is 36.8 Å². The number of Topliss-reactive ketones (excluding diaryl/α,β-unsaturated/α-hetero) is 1. The Morgan fingerprint density at radius 3 is 2.58 bits per heavy atom. The molecule has 0 aliphatic carbocycles. The summed E-state index contributed by atoms with van der Waals surface area (Å²) in [6, 6.07) is 8.45. The third-order valence-corrected chi connectivity index (χ3v) is 2.92. The van der Waals surface area contributed by atoms with Crippen LogP contribution in [0.2, 0.25) is 0 Å². The zero-order valence-electron chi connectivity index (χ0n) is 10.9. The minimum absolute atomic E-state index is 0.138. The van der Waals surface area contributed by atoms with Crippen LogP contribution in [-0.2, 0) is 6.54 Å². The fourth-order valence-corrected chi connectivity index (χ4v) is 2.03. The fraction of sp³-hybridized carbons (Fsp3) is 0.200. The normalized spacial score (nSPS) is 10.3. The summed E-state index contributed by atoms with van der Waals surface area (Å²) in [6.45, 7) is 1.97. The first-order valence-electron chi connectivity index (χ1n) is 5.99. The Morgan fingerprint density at radius 2 is 1.95 bits per heavy atom. The maximum atomic E-state index is 13.7. The molecule has 0 bridgehead atoms. The first-order valence-corrected chi connectivity index (χ1v) is 5.99. The van der Waals surface area contributed by atoms with Crippen molar-refractivity contribution in [3.63, 3.8) is 0 Å². The highest BCUT2D eigenvalue weighted by molar-refractivity contribution is 5.99. The van der Waals surface area contributed by atoms with E-state index in [4.69, 9.17) is 0 Å². The van der Waals surface area contributed by atoms with Crippen molar-refractivity contribution in [3.8, 4) is 0 Å². The molecule has 0 aliphatic rings. The second-order valence-corrected chi connectivity index (χ2v) is 4.40. The average Bonchev–Trinajstić information content (AvgIpc) is 2.39. The summed E-state index contributed by atoms with van der Waals surface area (Å²) < 4.78 is 13.7. The molecule has 4 heteroatoms. The number of carbonyl (C=O) groups excluding carboxylic acids is 1. The van der Waals surface area contributed by atoms with Crippen molar-refractivity contribution in [2.75, 3.05) is 11.9 Å². The van der Waals surface area contributed by atoms with Crippen LogP contribution >= 0.6 is 0 Å². The fourth-order valence-electron chi connectivity index (χ4n) is 2.03. The number of halogens is 1. The van der Waals surface area contributed by atoms with Gasteiger partial charge in [-0.25, -0.2) is 4.39 Å². The van der Waals surface area contributed by atoms with Crippen LogP contribution in [0.3, 0.4) is 0 Å². The lowest BCUT2D eigenvalue weighted by Gasteiger charge is -2.22. The van der Waals surface area contributed by atoms with E-state index in [-0.39, 0.29) is 11.3 Å². The number of aromatic nitrogens is 1. The highest BCUT2D eigenvalue weighted by Crippen LogP contribution is 2.24. The van der Waals surface area contributed by atoms with Crippen LogP contribution in [0.5, 0.6) is 0 Å². The standard InChI is InChI=1S/C15H15FN2O/c1-11(19)15-13(16)4-3-5-14(15)18(2)10-12-6-8-17-9-7-12/h3-9H,10H2,1-2H3. The van der Waals surface area contributed by atoms with Gasteiger partial charge in [0, 0.05) is 26.0 Å². The topological polar surface area (TPSA) is 33.2 Å². The van der Waals surface area contributed by atoms with Crippen molar-refractivity contribution < 1.29 is 9.18 Å². The van der Waals surface area contributed by atoms with Crippen LogP contribution < -0.4 is 4.90 Å². The van der Waals surface area contributed by atoms with Crippen molar-refractivity contribution in [3.05, 3.63) is 59.7 Å². The van der Waals surface area contributed by atoms with Crippen LogP contribution in [0, 0.1) is 5.82 Å². The summed E-state index contributed by atoms with van der Waals surface area (Å²) in [5.41, 5.74) is 1.79. The molecule has 2 rings (SSSR count). The second kappa shape index (κ2) is 5.61. The molecule has 0 saturated heterocycles. The van der Waals surface area contributed by atoms with Crippen LogP contribution in [0.15, 0.2) is 42.7 Å². The lowest BCUT2D eigenvalue weighted by Crippen LogP contribution is -2.19. The van der Waals surface area contributed by atoms with E-state index in [0.717, 1.165) is 5.56 Å². The molecule has 19 heavy (non-hydrogen) atoms. The zero-order valence-corrected chi connectivity index (χ0v) is 10.9. The monoisotopic (exact) mass is 258 g/mol. The largest absolute Gasteiger partial charge is 0.370 e. The molecular formula is C15H15FN2O. The van der Waals surface area contributed by atoms with Gasteiger partial charge in [-0.2, -0.15) is 0 Å². The number of rotatable bonds is 4. The summed E-state index contributed by atoms with van der Waals surface area (Å²) in [6.07, 6.45) is 3.42. The number of ketones is 1. The van der Waals surface area contributed by atoms with Crippen molar-refractivity contribution in [1.82, 2.24) is 4.98 Å². The molecule has 0 amide bonds. The first kappa shape index (κ1) is 13.2. The van der Waals surface area contributed by atoms with E-state index in [0.29, 0.717) is 12.2 Å². The maximum Gasteiger partial charge on any atom is 0.164 e. The third kappa shape index (κ3) is 2.96. The van der Waals surface area contributed by atoms with E-state index in [1.165, 1.54) is 13.0 Å². The number of nitrogens with zero attached hydrogens (tertiary/aromatic N) is 2. The number of hydrogen-bond acceptors (Lipinski definition) is 3. The van der Waals surface area contributed by atoms with Crippen molar-refractivity contribution >= 4 is 11.5 Å². The Hall–Kier alpha value is -2.23. The van der Waals surface area contributed by atoms with Crippen LogP contribution in [0.25, 0.3) is 0 Å². The molecule has 1 aromatic heterocycles. The van der Waals surface area contributed by atoms with Gasteiger partial charge in [0.05, 0.1) is 11.3 Å². The molecule has 0 saturated carbocycles. The predicted molar refractivity (Wildman–Crippen MR) is 72.7 cm³/mol. The minimum atomic E-state index is -0.480. The van der Waals surface area contributed by atoms with Gasteiger partial charge in [0.25, 0.3) is 0 Å². The molecule has 2 aromatic rings. The Morgan fingerprint density at radius 1 is 1.26 bits per heavy atom. The molecule has 98 valence electrons. The van der Waals surface area contributed by atoms with E-state index in [2.05, 4.69) is 4.98 Å². The molecular weight excluding hydrogens is 243 g/mol. The van der Waals surface area contributed by atoms with Gasteiger partial charge in [0.2, 0.25) is 0 Å². The smallest absolute Gasteiger partial charge is 0.164 e. The van der Waals surface area contributed by atoms with E-state index >= 15 is 0 Å². The van der Waals surface area contributed by atoms with Crippen LogP contribution in [-0.4, -0.2) is 17.8 Å². The van der Waals surface area contributed by atoms with E-state index < -0.39 is 5.82 Å². The first-order chi connectivity index (χ1) is 9.09. The van der Waals surface area contributed by atoms with Gasteiger partial charge >= 0.3 is 0 Å². The second-order valence-electron chi connectivity index (χ2n) is 4.40. The number of pyridine rings is 1. The Labute approximate surface area is 111 Å². The van der Waals surface area contributed by atoms with E-state index in [9.17, 15) is 9.18 Å². The summed E-state index contributed by atoms with van der Waals surface area (Å²) in [5.74, 6) is -0.749. The highest BCUT2D eigenvalue weighted by Gasteiger charge is 2.15. The molecule has 1 heterocycles. The van der Waals surface area contributed by atoms with Gasteiger partial charge < -0.3 is 4.90 Å². The molecule has 0 aliphatic heterocycles. The molecule has 0 unspecified atom stereocenters. The summed E-state index contributed by atoms with van der Waals surface area (Å²) in [4.78, 5) is 17.4. The molecule has 0 fully saturated rings. The number of benzene rings is 1. The van der Waals surface area contributed by atoms with Gasteiger partial charge in [-0.3, -0.25) is 9.78 Å². The molecule has 0 radical (unpaired) electrons. The zero-order chi connectivity index (χ0) is 13.8. The minimum Gasteiger partial charge on any atom is -0.370 e. The van der Waals surface area contributed by atoms with Gasteiger partial charge in [-0.15, -0.1) is 0 Å². The Balaban J connectivity index is 2.31. The molecule has 3 nitrogen and oxygen atoms in total. The van der Waals surface area contributed by atoms with Crippen molar-refractivity contribution in [2.45, 2.75) is 13.5 Å². The van der Waals surface area contributed by atoms with Crippen LogP contribution in [0.4, 0.5) is 10.1 Å². The third-order valence-electron chi connectivity index (χ3n) is 2.92. The van der Waals surface area contributed by atoms with Gasteiger partial charge in [0.15, 0.2) is 5.78 Å². The SMILES string of the molecule is CC(=O)c1c(F)cccc1N(C)Cc1ccncc1. The van der Waals surface area contributed by atoms with Crippen molar-refractivity contribution in [2.24, 2.45) is 0 Å². The quantitative estimate of drug-likeness (QED) is 0.790. The van der Waals surface area contributed by atoms with Gasteiger partial charge in [-0.1, -0.05) is 6.07 Å². The summed E-state index contributed by atoms with van der Waals surface area (Å²) in [7, 11) is 1.83. The molecule has 1 aromatic carbocycles. The van der Waals surface area contributed by atoms with E-state index in [1.807, 2.05) is 24.1 Å². The lowest BCUT2D eigenvalue weighted by molar-refractivity contribution is 0.101. The highest BCUT2D eigenvalue weighted by atomic mass is 19.1. The number of hydrogen-bond donors (Lipinski definition) is 0. The average molecular weight is 258 g/mol. The summed E-state index contributed by atoms with van der Waals surface area (Å²) in [5, 5.41) is 0. The molecule has 0 spiro atoms. The number of anilines is 1. The number of carbonyl (C=O) groups is 1. The Bertz CT molecular complexity index is 584.